The van der Waals surface area contributed by atoms with E-state index in [0.717, 1.165) is 55.2 Å². The van der Waals surface area contributed by atoms with Gasteiger partial charge in [0.1, 0.15) is 11.9 Å². The first-order valence-electron chi connectivity index (χ1n) is 7.76. The van der Waals surface area contributed by atoms with Gasteiger partial charge in [-0.3, -0.25) is 4.98 Å². The van der Waals surface area contributed by atoms with Crippen molar-refractivity contribution in [3.8, 4) is 5.75 Å². The molecule has 5 heteroatoms. The second-order valence-electron chi connectivity index (χ2n) is 6.00. The molecule has 2 aliphatic rings. The maximum absolute atomic E-state index is 6.27. The Morgan fingerprint density at radius 2 is 2.43 bits per heavy atom. The van der Waals surface area contributed by atoms with E-state index in [1.54, 1.807) is 0 Å². The molecule has 0 saturated carbocycles. The van der Waals surface area contributed by atoms with E-state index in [1.807, 2.05) is 30.8 Å². The van der Waals surface area contributed by atoms with Crippen LogP contribution in [0.4, 0.5) is 0 Å². The van der Waals surface area contributed by atoms with Crippen LogP contribution < -0.4 is 10.5 Å². The van der Waals surface area contributed by atoms with Gasteiger partial charge in [-0.1, -0.05) is 0 Å². The standard InChI is InChI=1S/C16H24N2O2S/c1-12-2-3-15(14(18-12)4-7-17)20-13-5-8-19-16(10-13)6-9-21-11-16/h2-3,13H,4-11,17H2,1H3. The molecule has 2 atom stereocenters. The van der Waals surface area contributed by atoms with Gasteiger partial charge in [0, 0.05) is 30.7 Å². The highest BCUT2D eigenvalue weighted by Gasteiger charge is 2.41. The molecule has 1 aromatic heterocycles. The average molecular weight is 308 g/mol. The van der Waals surface area contributed by atoms with Gasteiger partial charge >= 0.3 is 0 Å². The van der Waals surface area contributed by atoms with Crippen LogP contribution >= 0.6 is 11.8 Å². The highest BCUT2D eigenvalue weighted by Crippen LogP contribution is 2.39. The molecule has 0 amide bonds. The normalized spacial score (nSPS) is 29.0. The zero-order valence-corrected chi connectivity index (χ0v) is 13.5. The van der Waals surface area contributed by atoms with Crippen LogP contribution in [0.15, 0.2) is 12.1 Å². The van der Waals surface area contributed by atoms with Gasteiger partial charge in [-0.05, 0) is 37.8 Å². The minimum Gasteiger partial charge on any atom is -0.488 e. The van der Waals surface area contributed by atoms with Crippen molar-refractivity contribution in [2.24, 2.45) is 5.73 Å². The van der Waals surface area contributed by atoms with Crippen molar-refractivity contribution in [2.75, 3.05) is 24.7 Å². The Labute approximate surface area is 130 Å². The van der Waals surface area contributed by atoms with E-state index in [4.69, 9.17) is 15.2 Å². The number of pyridine rings is 1. The van der Waals surface area contributed by atoms with Crippen LogP contribution in [0.5, 0.6) is 5.75 Å². The monoisotopic (exact) mass is 308 g/mol. The highest BCUT2D eigenvalue weighted by molar-refractivity contribution is 7.99. The number of ether oxygens (including phenoxy) is 2. The molecule has 0 bridgehead atoms. The zero-order chi connectivity index (χ0) is 14.7. The molecule has 2 unspecified atom stereocenters. The first-order valence-corrected chi connectivity index (χ1v) is 8.91. The summed E-state index contributed by atoms with van der Waals surface area (Å²) in [6.45, 7) is 3.40. The quantitative estimate of drug-likeness (QED) is 0.925. The van der Waals surface area contributed by atoms with Gasteiger partial charge in [0.2, 0.25) is 0 Å². The van der Waals surface area contributed by atoms with Gasteiger partial charge in [0.05, 0.1) is 17.9 Å². The molecule has 1 spiro atoms. The number of hydrogen-bond donors (Lipinski definition) is 1. The maximum Gasteiger partial charge on any atom is 0.141 e. The molecule has 4 nitrogen and oxygen atoms in total. The molecule has 21 heavy (non-hydrogen) atoms. The summed E-state index contributed by atoms with van der Waals surface area (Å²) in [4.78, 5) is 4.58. The Kier molecular flexibility index (Phi) is 4.72. The van der Waals surface area contributed by atoms with Gasteiger partial charge < -0.3 is 15.2 Å². The molecule has 1 aromatic rings. The van der Waals surface area contributed by atoms with Crippen molar-refractivity contribution in [3.05, 3.63) is 23.5 Å². The van der Waals surface area contributed by atoms with Gasteiger partial charge in [-0.2, -0.15) is 11.8 Å². The van der Waals surface area contributed by atoms with Crippen LogP contribution in [0.25, 0.3) is 0 Å². The zero-order valence-electron chi connectivity index (χ0n) is 12.6. The maximum atomic E-state index is 6.27. The number of nitrogens with zero attached hydrogens (tertiary/aromatic N) is 1. The van der Waals surface area contributed by atoms with Crippen LogP contribution in [-0.4, -0.2) is 41.3 Å². The Balaban J connectivity index is 1.71. The molecular weight excluding hydrogens is 284 g/mol. The van der Waals surface area contributed by atoms with E-state index < -0.39 is 0 Å². The van der Waals surface area contributed by atoms with Gasteiger partial charge in [0.25, 0.3) is 0 Å². The first kappa shape index (κ1) is 15.1. The first-order chi connectivity index (χ1) is 10.2. The van der Waals surface area contributed by atoms with E-state index >= 15 is 0 Å². The Morgan fingerprint density at radius 1 is 1.52 bits per heavy atom. The molecule has 2 N–H and O–H groups in total. The number of hydrogen-bond acceptors (Lipinski definition) is 5. The number of thioether (sulfide) groups is 1. The SMILES string of the molecule is Cc1ccc(OC2CCOC3(CCSC3)C2)c(CCN)n1. The number of aromatic nitrogens is 1. The second kappa shape index (κ2) is 6.55. The smallest absolute Gasteiger partial charge is 0.141 e. The predicted molar refractivity (Wildman–Crippen MR) is 86.0 cm³/mol. The van der Waals surface area contributed by atoms with Gasteiger partial charge in [-0.25, -0.2) is 0 Å². The minimum absolute atomic E-state index is 0.0553. The Bertz CT molecular complexity index is 489. The molecule has 2 fully saturated rings. The topological polar surface area (TPSA) is 57.4 Å². The average Bonchev–Trinajstić information content (AvgIpc) is 2.90. The Morgan fingerprint density at radius 3 is 3.19 bits per heavy atom. The molecule has 116 valence electrons. The summed E-state index contributed by atoms with van der Waals surface area (Å²) in [6.07, 6.45) is 4.11. The van der Waals surface area contributed by atoms with Crippen molar-refractivity contribution in [2.45, 2.75) is 44.3 Å². The van der Waals surface area contributed by atoms with E-state index in [0.29, 0.717) is 6.54 Å². The summed E-state index contributed by atoms with van der Waals surface area (Å²) >= 11 is 1.99. The molecule has 2 aliphatic heterocycles. The van der Waals surface area contributed by atoms with E-state index in [-0.39, 0.29) is 11.7 Å². The van der Waals surface area contributed by atoms with Crippen LogP contribution in [0.2, 0.25) is 0 Å². The van der Waals surface area contributed by atoms with E-state index in [2.05, 4.69) is 4.98 Å². The molecule has 0 aromatic carbocycles. The largest absolute Gasteiger partial charge is 0.488 e. The van der Waals surface area contributed by atoms with E-state index in [9.17, 15) is 0 Å². The number of aryl methyl sites for hydroxylation is 1. The minimum atomic E-state index is 0.0553. The lowest BCUT2D eigenvalue weighted by molar-refractivity contribution is -0.0960. The highest BCUT2D eigenvalue weighted by atomic mass is 32.2. The summed E-state index contributed by atoms with van der Waals surface area (Å²) in [5.74, 6) is 3.21. The summed E-state index contributed by atoms with van der Waals surface area (Å²) in [5, 5.41) is 0. The fraction of sp³-hybridized carbons (Fsp3) is 0.688. The van der Waals surface area contributed by atoms with Crippen LogP contribution in [-0.2, 0) is 11.2 Å². The third kappa shape index (κ3) is 3.52. The molecule has 3 rings (SSSR count). The van der Waals surface area contributed by atoms with Crippen LogP contribution in [0.1, 0.15) is 30.7 Å². The fourth-order valence-electron chi connectivity index (χ4n) is 3.15. The Hall–Kier alpha value is -0.780. The lowest BCUT2D eigenvalue weighted by Crippen LogP contribution is -2.44. The molecule has 3 heterocycles. The summed E-state index contributed by atoms with van der Waals surface area (Å²) in [7, 11) is 0. The van der Waals surface area contributed by atoms with Crippen molar-refractivity contribution < 1.29 is 9.47 Å². The number of nitrogens with two attached hydrogens (primary N) is 1. The fourth-order valence-corrected chi connectivity index (χ4v) is 4.53. The summed E-state index contributed by atoms with van der Waals surface area (Å²) < 4.78 is 12.3. The molecular formula is C16H24N2O2S. The third-order valence-electron chi connectivity index (χ3n) is 4.26. The molecule has 2 saturated heterocycles. The van der Waals surface area contributed by atoms with Crippen molar-refractivity contribution in [1.29, 1.82) is 0 Å². The summed E-state index contributed by atoms with van der Waals surface area (Å²) in [5.41, 5.74) is 7.74. The molecule has 0 radical (unpaired) electrons. The number of rotatable bonds is 4. The van der Waals surface area contributed by atoms with E-state index in [1.165, 1.54) is 5.75 Å². The van der Waals surface area contributed by atoms with Gasteiger partial charge in [-0.15, -0.1) is 0 Å². The van der Waals surface area contributed by atoms with Crippen molar-refractivity contribution in [1.82, 2.24) is 4.98 Å². The second-order valence-corrected chi connectivity index (χ2v) is 7.11. The van der Waals surface area contributed by atoms with Crippen molar-refractivity contribution in [3.63, 3.8) is 0 Å². The van der Waals surface area contributed by atoms with Crippen LogP contribution in [0.3, 0.4) is 0 Å². The third-order valence-corrected chi connectivity index (χ3v) is 5.48. The summed E-state index contributed by atoms with van der Waals surface area (Å²) in [6, 6.07) is 4.05. The van der Waals surface area contributed by atoms with Crippen LogP contribution in [0, 0.1) is 6.92 Å². The lowest BCUT2D eigenvalue weighted by Gasteiger charge is -2.37. The predicted octanol–water partition coefficient (Wildman–Crippen LogP) is 2.32. The van der Waals surface area contributed by atoms with Crippen molar-refractivity contribution >= 4 is 11.8 Å². The molecule has 0 aliphatic carbocycles. The van der Waals surface area contributed by atoms with Gasteiger partial charge in [0.15, 0.2) is 0 Å². The lowest BCUT2D eigenvalue weighted by atomic mass is 9.91.